The molecule has 0 saturated heterocycles. The van der Waals surface area contributed by atoms with Gasteiger partial charge in [-0.3, -0.25) is 4.79 Å². The van der Waals surface area contributed by atoms with Crippen molar-refractivity contribution in [2.24, 2.45) is 0 Å². The molecule has 2 heterocycles. The molecule has 1 aliphatic carbocycles. The topological polar surface area (TPSA) is 74.7 Å². The number of sulfonamides is 1. The van der Waals surface area contributed by atoms with Crippen LogP contribution in [0.5, 0.6) is 0 Å². The molecule has 0 radical (unpaired) electrons. The largest absolute Gasteiger partial charge is 0.416 e. The molecule has 2 unspecified atom stereocenters. The summed E-state index contributed by atoms with van der Waals surface area (Å²) in [4.78, 5) is 15.0. The summed E-state index contributed by atoms with van der Waals surface area (Å²) >= 11 is 0. The van der Waals surface area contributed by atoms with Crippen molar-refractivity contribution in [2.45, 2.75) is 61.9 Å². The molecule has 40 heavy (non-hydrogen) atoms. The Kier molecular flexibility index (Phi) is 7.82. The molecule has 1 amide bonds. The Balaban J connectivity index is 1.33. The number of aryl methyl sites for hydroxylation is 1. The lowest BCUT2D eigenvalue weighted by atomic mass is 9.87. The van der Waals surface area contributed by atoms with E-state index in [4.69, 9.17) is 0 Å². The van der Waals surface area contributed by atoms with Crippen molar-refractivity contribution in [3.63, 3.8) is 0 Å². The molecule has 7 nitrogen and oxygen atoms in total. The van der Waals surface area contributed by atoms with Gasteiger partial charge in [0.1, 0.15) is 0 Å². The molecular weight excluding hydrogens is 541 g/mol. The van der Waals surface area contributed by atoms with Crippen LogP contribution in [0, 0.1) is 0 Å². The fourth-order valence-electron chi connectivity index (χ4n) is 5.76. The highest BCUT2D eigenvalue weighted by Crippen LogP contribution is 2.36. The highest BCUT2D eigenvalue weighted by molar-refractivity contribution is 7.89. The zero-order chi connectivity index (χ0) is 28.7. The predicted octanol–water partition coefficient (Wildman–Crippen LogP) is 4.38. The molecule has 1 N–H and O–H groups in total. The number of alkyl halides is 3. The predicted molar refractivity (Wildman–Crippen MR) is 145 cm³/mol. The smallest absolute Gasteiger partial charge is 0.353 e. The number of fused-ring (bicyclic) bond motifs is 2. The van der Waals surface area contributed by atoms with Crippen LogP contribution >= 0.6 is 0 Å². The fourth-order valence-corrected chi connectivity index (χ4v) is 7.40. The van der Waals surface area contributed by atoms with E-state index in [9.17, 15) is 26.4 Å². The molecule has 2 aromatic carbocycles. The second-order valence-corrected chi connectivity index (χ2v) is 12.7. The summed E-state index contributed by atoms with van der Waals surface area (Å²) in [6.07, 6.45) is -0.684. The summed E-state index contributed by atoms with van der Waals surface area (Å²) in [5.41, 5.74) is 3.33. The molecule has 214 valence electrons. The van der Waals surface area contributed by atoms with Crippen LogP contribution in [0.1, 0.15) is 46.8 Å². The number of carbonyl (C=O) groups excluding carboxylic acids is 1. The van der Waals surface area contributed by atoms with Gasteiger partial charge in [0.25, 0.3) is 0 Å². The molecule has 3 aromatic rings. The lowest BCUT2D eigenvalue weighted by Gasteiger charge is -2.36. The van der Waals surface area contributed by atoms with Crippen LogP contribution in [0.4, 0.5) is 13.2 Å². The van der Waals surface area contributed by atoms with E-state index in [1.54, 1.807) is 12.1 Å². The van der Waals surface area contributed by atoms with Crippen LogP contribution in [0.25, 0.3) is 0 Å². The minimum atomic E-state index is -4.67. The third-order valence-electron chi connectivity index (χ3n) is 7.62. The maximum Gasteiger partial charge on any atom is 0.416 e. The van der Waals surface area contributed by atoms with Crippen molar-refractivity contribution < 1.29 is 26.4 Å². The minimum absolute atomic E-state index is 0.0459. The molecular formula is C29H33F3N4O3S. The highest BCUT2D eigenvalue weighted by atomic mass is 32.2. The first-order valence-electron chi connectivity index (χ1n) is 13.3. The van der Waals surface area contributed by atoms with Crippen molar-refractivity contribution in [3.8, 4) is 0 Å². The summed E-state index contributed by atoms with van der Waals surface area (Å²) in [6, 6.07) is 12.8. The van der Waals surface area contributed by atoms with Gasteiger partial charge in [-0.05, 0) is 80.4 Å². The molecule has 5 rings (SSSR count). The number of hydrogen-bond donors (Lipinski definition) is 1. The van der Waals surface area contributed by atoms with Crippen LogP contribution < -0.4 is 5.32 Å². The zero-order valence-corrected chi connectivity index (χ0v) is 23.3. The van der Waals surface area contributed by atoms with E-state index in [0.29, 0.717) is 24.7 Å². The molecule has 2 atom stereocenters. The Labute approximate surface area is 232 Å². The van der Waals surface area contributed by atoms with E-state index < -0.39 is 32.7 Å². The molecule has 2 aliphatic rings. The molecule has 1 aliphatic heterocycles. The summed E-state index contributed by atoms with van der Waals surface area (Å²) in [7, 11) is -0.254. The van der Waals surface area contributed by atoms with Crippen molar-refractivity contribution in [2.75, 3.05) is 20.6 Å². The van der Waals surface area contributed by atoms with Crippen molar-refractivity contribution in [1.29, 1.82) is 0 Å². The number of amides is 1. The maximum atomic E-state index is 13.6. The maximum absolute atomic E-state index is 13.6. The van der Waals surface area contributed by atoms with Crippen LogP contribution in [0.15, 0.2) is 65.7 Å². The average Bonchev–Trinajstić information content (AvgIpc) is 3.38. The minimum Gasteiger partial charge on any atom is -0.353 e. The molecule has 0 fully saturated rings. The number of halogens is 3. The first-order valence-corrected chi connectivity index (χ1v) is 14.7. The first-order chi connectivity index (χ1) is 18.9. The van der Waals surface area contributed by atoms with Gasteiger partial charge in [-0.2, -0.15) is 17.5 Å². The number of carbonyl (C=O) groups is 1. The van der Waals surface area contributed by atoms with E-state index in [2.05, 4.69) is 28.4 Å². The van der Waals surface area contributed by atoms with Crippen LogP contribution in [0.2, 0.25) is 0 Å². The lowest BCUT2D eigenvalue weighted by Crippen LogP contribution is -2.45. The average molecular weight is 575 g/mol. The van der Waals surface area contributed by atoms with Gasteiger partial charge in [0.15, 0.2) is 0 Å². The highest BCUT2D eigenvalue weighted by Gasteiger charge is 2.39. The number of benzene rings is 2. The molecule has 0 spiro atoms. The molecule has 1 aromatic heterocycles. The first kappa shape index (κ1) is 28.4. The van der Waals surface area contributed by atoms with Crippen molar-refractivity contribution in [1.82, 2.24) is 19.1 Å². The number of hydrogen-bond acceptors (Lipinski definition) is 4. The summed E-state index contributed by atoms with van der Waals surface area (Å²) in [6.45, 7) is 1.24. The Hall–Kier alpha value is -3.15. The van der Waals surface area contributed by atoms with Gasteiger partial charge in [-0.1, -0.05) is 24.3 Å². The van der Waals surface area contributed by atoms with E-state index in [1.165, 1.54) is 27.1 Å². The van der Waals surface area contributed by atoms with Gasteiger partial charge in [0.2, 0.25) is 15.9 Å². The number of nitrogens with one attached hydrogen (secondary N) is 1. The zero-order valence-electron chi connectivity index (χ0n) is 22.5. The van der Waals surface area contributed by atoms with Crippen LogP contribution in [0.3, 0.4) is 0 Å². The van der Waals surface area contributed by atoms with Gasteiger partial charge in [0, 0.05) is 44.0 Å². The Morgan fingerprint density at radius 2 is 1.85 bits per heavy atom. The monoisotopic (exact) mass is 574 g/mol. The van der Waals surface area contributed by atoms with Crippen LogP contribution in [-0.4, -0.2) is 54.8 Å². The number of rotatable bonds is 7. The third-order valence-corrected chi connectivity index (χ3v) is 9.53. The van der Waals surface area contributed by atoms with Crippen LogP contribution in [-0.2, 0) is 46.9 Å². The third kappa shape index (κ3) is 5.96. The normalized spacial score (nSPS) is 19.8. The standard InChI is InChI=1S/C29H33F3N4O3S/c1-34(2)19-20-8-9-22-16-24(11-10-21(22)15-20)33-28(37)18-27-26-7-4-12-35(26)13-14-36(27)40(38,39)25-6-3-5-23(17-25)29(30,31)32/h3-9,12,15,17,24,27H,10-11,13-14,16,18-19H2,1-2H3,(H,33,37). The van der Waals surface area contributed by atoms with Gasteiger partial charge in [0.05, 0.1) is 16.5 Å². The molecule has 11 heteroatoms. The summed E-state index contributed by atoms with van der Waals surface area (Å²) in [5, 5.41) is 3.09. The van der Waals surface area contributed by atoms with Crippen molar-refractivity contribution in [3.05, 3.63) is 88.7 Å². The van der Waals surface area contributed by atoms with Crippen molar-refractivity contribution >= 4 is 15.9 Å². The summed E-state index contributed by atoms with van der Waals surface area (Å²) < 4.78 is 70.3. The van der Waals surface area contributed by atoms with Gasteiger partial charge < -0.3 is 14.8 Å². The van der Waals surface area contributed by atoms with E-state index in [-0.39, 0.29) is 24.9 Å². The number of nitrogens with zero attached hydrogens (tertiary/aromatic N) is 3. The van der Waals surface area contributed by atoms with Gasteiger partial charge >= 0.3 is 6.18 Å². The van der Waals surface area contributed by atoms with Gasteiger partial charge in [-0.25, -0.2) is 8.42 Å². The Morgan fingerprint density at radius 3 is 2.60 bits per heavy atom. The second kappa shape index (κ2) is 11.0. The van der Waals surface area contributed by atoms with Gasteiger partial charge in [-0.15, -0.1) is 0 Å². The van der Waals surface area contributed by atoms with E-state index in [0.717, 1.165) is 31.5 Å². The second-order valence-electron chi connectivity index (χ2n) is 10.8. The quantitative estimate of drug-likeness (QED) is 0.455. The molecule has 0 saturated carbocycles. The summed E-state index contributed by atoms with van der Waals surface area (Å²) in [5.74, 6) is -0.290. The number of aromatic nitrogens is 1. The SMILES string of the molecule is CN(C)Cc1ccc2c(c1)CCC(NC(=O)CC1c3cccn3CCN1S(=O)(=O)c1cccc(C(F)(F)F)c1)C2. The Bertz CT molecular complexity index is 1500. The van der Waals surface area contributed by atoms with E-state index >= 15 is 0 Å². The fraction of sp³-hybridized carbons (Fsp3) is 0.414. The Morgan fingerprint density at radius 1 is 1.05 bits per heavy atom. The van der Waals surface area contributed by atoms with E-state index in [1.807, 2.05) is 24.9 Å². The molecule has 0 bridgehead atoms. The lowest BCUT2D eigenvalue weighted by molar-refractivity contribution is -0.137.